The molecule has 18 heteroatoms. The van der Waals surface area contributed by atoms with Gasteiger partial charge in [-0.25, -0.2) is 8.42 Å². The minimum Gasteiger partial charge on any atom is -0.505 e. The first kappa shape index (κ1) is 28.8. The third kappa shape index (κ3) is 5.88. The molecule has 212 valence electrons. The molecule has 4 rings (SSSR count). The van der Waals surface area contributed by atoms with Crippen molar-refractivity contribution in [2.45, 2.75) is 16.7 Å². The number of nitro benzene ring substituents is 2. The third-order valence-electron chi connectivity index (χ3n) is 5.63. The van der Waals surface area contributed by atoms with Crippen LogP contribution in [0.5, 0.6) is 11.5 Å². The Morgan fingerprint density at radius 3 is 2.07 bits per heavy atom. The van der Waals surface area contributed by atoms with Crippen molar-refractivity contribution in [3.63, 3.8) is 0 Å². The number of benzene rings is 4. The van der Waals surface area contributed by atoms with Gasteiger partial charge in [0.15, 0.2) is 5.75 Å². The van der Waals surface area contributed by atoms with Crippen LogP contribution in [0.3, 0.4) is 0 Å². The Hall–Kier alpha value is -5.20. The molecule has 0 saturated heterocycles. The lowest BCUT2D eigenvalue weighted by molar-refractivity contribution is -0.394. The molecule has 4 aromatic rings. The lowest BCUT2D eigenvalue weighted by Gasteiger charge is -2.12. The largest absolute Gasteiger partial charge is 0.505 e. The van der Waals surface area contributed by atoms with E-state index in [1.165, 1.54) is 24.3 Å². The van der Waals surface area contributed by atoms with Gasteiger partial charge in [0, 0.05) is 17.1 Å². The lowest BCUT2D eigenvalue weighted by Crippen LogP contribution is -2.12. The molecule has 16 nitrogen and oxygen atoms in total. The molecule has 0 atom stereocenters. The van der Waals surface area contributed by atoms with E-state index in [1.54, 1.807) is 19.1 Å². The predicted octanol–water partition coefficient (Wildman–Crippen LogP) is 4.84. The molecule has 0 spiro atoms. The van der Waals surface area contributed by atoms with Crippen LogP contribution in [-0.4, -0.2) is 41.4 Å². The normalized spacial score (nSPS) is 12.0. The zero-order valence-electron chi connectivity index (χ0n) is 20.5. The first-order valence-corrected chi connectivity index (χ1v) is 13.9. The summed E-state index contributed by atoms with van der Waals surface area (Å²) < 4.78 is 61.8. The highest BCUT2D eigenvalue weighted by atomic mass is 32.2. The number of phenols is 2. The van der Waals surface area contributed by atoms with E-state index in [0.717, 1.165) is 17.7 Å². The molecular weight excluding hydrogens is 586 g/mol. The van der Waals surface area contributed by atoms with Crippen LogP contribution in [0.15, 0.2) is 80.7 Å². The average Bonchev–Trinajstić information content (AvgIpc) is 2.88. The van der Waals surface area contributed by atoms with E-state index in [1.807, 2.05) is 0 Å². The summed E-state index contributed by atoms with van der Waals surface area (Å²) in [6.45, 7) is 1.77. The van der Waals surface area contributed by atoms with Gasteiger partial charge >= 0.3 is 5.69 Å². The van der Waals surface area contributed by atoms with E-state index in [-0.39, 0.29) is 21.4 Å². The smallest absolute Gasteiger partial charge is 0.319 e. The Kier molecular flexibility index (Phi) is 7.31. The Balaban J connectivity index is 1.87. The van der Waals surface area contributed by atoms with Crippen molar-refractivity contribution >= 4 is 59.4 Å². The van der Waals surface area contributed by atoms with E-state index >= 15 is 0 Å². The SMILES string of the molecule is Cc1ccc(S(=O)(=O)Nc2ccc3cc(S(=O)(=O)O)c(N=Nc4cc([N+](=O)[O-])cc([N+](=O)[O-])c4O)c(O)c3c2)cc1. The second-order valence-corrected chi connectivity index (χ2v) is 11.5. The van der Waals surface area contributed by atoms with Crippen LogP contribution in [0.25, 0.3) is 10.8 Å². The zero-order valence-corrected chi connectivity index (χ0v) is 22.1. The number of phenolic OH excluding ortho intramolecular Hbond substituents is 2. The van der Waals surface area contributed by atoms with Crippen LogP contribution < -0.4 is 4.72 Å². The van der Waals surface area contributed by atoms with Gasteiger partial charge in [-0.2, -0.15) is 8.42 Å². The van der Waals surface area contributed by atoms with Gasteiger partial charge in [-0.3, -0.25) is 29.5 Å². The molecule has 41 heavy (non-hydrogen) atoms. The minimum atomic E-state index is -5.09. The molecule has 0 aliphatic rings. The van der Waals surface area contributed by atoms with Crippen molar-refractivity contribution in [1.29, 1.82) is 0 Å². The Bertz CT molecular complexity index is 1990. The van der Waals surface area contributed by atoms with E-state index in [4.69, 9.17) is 0 Å². The molecule has 0 fully saturated rings. The Morgan fingerprint density at radius 1 is 0.829 bits per heavy atom. The third-order valence-corrected chi connectivity index (χ3v) is 7.90. The second kappa shape index (κ2) is 10.4. The quantitative estimate of drug-likeness (QED) is 0.0917. The molecule has 0 aliphatic heterocycles. The number of aromatic hydroxyl groups is 2. The number of nitrogens with one attached hydrogen (secondary N) is 1. The average molecular weight is 604 g/mol. The molecule has 0 heterocycles. The molecular formula is C23H17N5O11S2. The number of anilines is 1. The number of azo groups is 1. The first-order chi connectivity index (χ1) is 19.1. The molecule has 4 N–H and O–H groups in total. The van der Waals surface area contributed by atoms with Crippen LogP contribution in [0.2, 0.25) is 0 Å². The van der Waals surface area contributed by atoms with E-state index in [0.29, 0.717) is 12.1 Å². The van der Waals surface area contributed by atoms with Gasteiger partial charge in [0.25, 0.3) is 25.8 Å². The highest BCUT2D eigenvalue weighted by Crippen LogP contribution is 2.44. The van der Waals surface area contributed by atoms with Crippen molar-refractivity contribution < 1.29 is 41.4 Å². The van der Waals surface area contributed by atoms with Gasteiger partial charge in [-0.1, -0.05) is 23.8 Å². The number of nitrogens with zero attached hydrogens (tertiary/aromatic N) is 4. The molecule has 0 radical (unpaired) electrons. The van der Waals surface area contributed by atoms with E-state index in [9.17, 15) is 51.8 Å². The van der Waals surface area contributed by atoms with Gasteiger partial charge < -0.3 is 10.2 Å². The molecule has 0 amide bonds. The number of aryl methyl sites for hydroxylation is 1. The van der Waals surface area contributed by atoms with Gasteiger partial charge in [-0.05, 0) is 42.6 Å². The topological polar surface area (TPSA) is 252 Å². The summed E-state index contributed by atoms with van der Waals surface area (Å²) in [5.74, 6) is -2.07. The molecule has 4 aromatic carbocycles. The fourth-order valence-electron chi connectivity index (χ4n) is 3.64. The number of hydrogen-bond donors (Lipinski definition) is 4. The number of sulfonamides is 1. The Labute approximate surface area is 230 Å². The maximum Gasteiger partial charge on any atom is 0.319 e. The Morgan fingerprint density at radius 2 is 1.49 bits per heavy atom. The summed E-state index contributed by atoms with van der Waals surface area (Å²) in [6.07, 6.45) is 0. The molecule has 0 unspecified atom stereocenters. The van der Waals surface area contributed by atoms with Gasteiger partial charge in [-0.15, -0.1) is 10.2 Å². The standard InChI is InChI=1S/C23H17N5O11S2/c1-12-2-6-16(7-3-12)40(35,36)26-14-5-4-13-8-20(41(37,38)39)21(22(29)17(13)9-14)25-24-18-10-15(27(31)32)11-19(23(18)30)28(33)34/h2-11,26,29-30H,1H3,(H,37,38,39). The van der Waals surface area contributed by atoms with Crippen molar-refractivity contribution in [2.75, 3.05) is 4.72 Å². The van der Waals surface area contributed by atoms with E-state index < -0.39 is 69.1 Å². The fourth-order valence-corrected chi connectivity index (χ4v) is 5.35. The first-order valence-electron chi connectivity index (χ1n) is 11.0. The summed E-state index contributed by atoms with van der Waals surface area (Å²) in [5, 5.41) is 50.2. The van der Waals surface area contributed by atoms with Crippen molar-refractivity contribution in [3.05, 3.63) is 86.5 Å². The lowest BCUT2D eigenvalue weighted by atomic mass is 10.1. The fraction of sp³-hybridized carbons (Fsp3) is 0.0435. The summed E-state index contributed by atoms with van der Waals surface area (Å²) in [7, 11) is -9.16. The minimum absolute atomic E-state index is 0.0150. The highest BCUT2D eigenvalue weighted by molar-refractivity contribution is 7.92. The number of nitro groups is 2. The van der Waals surface area contributed by atoms with Gasteiger partial charge in [0.1, 0.15) is 16.3 Å². The predicted molar refractivity (Wildman–Crippen MR) is 143 cm³/mol. The van der Waals surface area contributed by atoms with Crippen molar-refractivity contribution in [3.8, 4) is 11.5 Å². The number of hydrogen-bond acceptors (Lipinski definition) is 12. The maximum atomic E-state index is 12.8. The summed E-state index contributed by atoms with van der Waals surface area (Å²) in [6, 6.07) is 11.5. The zero-order chi connectivity index (χ0) is 30.3. The summed E-state index contributed by atoms with van der Waals surface area (Å²) in [5.41, 5.74) is -2.92. The molecule has 0 aliphatic carbocycles. The molecule has 0 aromatic heterocycles. The maximum absolute atomic E-state index is 12.8. The van der Waals surface area contributed by atoms with Crippen LogP contribution in [0, 0.1) is 27.2 Å². The van der Waals surface area contributed by atoms with Crippen LogP contribution in [-0.2, 0) is 20.1 Å². The number of fused-ring (bicyclic) bond motifs is 1. The second-order valence-electron chi connectivity index (χ2n) is 8.45. The van der Waals surface area contributed by atoms with Crippen molar-refractivity contribution in [1.82, 2.24) is 0 Å². The van der Waals surface area contributed by atoms with Crippen LogP contribution in [0.1, 0.15) is 5.56 Å². The number of rotatable bonds is 8. The van der Waals surface area contributed by atoms with Crippen molar-refractivity contribution in [2.24, 2.45) is 10.2 Å². The van der Waals surface area contributed by atoms with Crippen LogP contribution >= 0.6 is 0 Å². The molecule has 0 bridgehead atoms. The highest BCUT2D eigenvalue weighted by Gasteiger charge is 2.26. The molecule has 0 saturated carbocycles. The number of non-ortho nitro benzene ring substituents is 1. The van der Waals surface area contributed by atoms with Gasteiger partial charge in [0.2, 0.25) is 5.75 Å². The van der Waals surface area contributed by atoms with Crippen LogP contribution in [0.4, 0.5) is 28.4 Å². The summed E-state index contributed by atoms with van der Waals surface area (Å²) in [4.78, 5) is 19.2. The monoisotopic (exact) mass is 603 g/mol. The van der Waals surface area contributed by atoms with E-state index in [2.05, 4.69) is 15.0 Å². The van der Waals surface area contributed by atoms with Gasteiger partial charge in [0.05, 0.1) is 20.8 Å². The summed E-state index contributed by atoms with van der Waals surface area (Å²) >= 11 is 0.